The lowest BCUT2D eigenvalue weighted by atomic mass is 10.1. The van der Waals surface area contributed by atoms with Gasteiger partial charge >= 0.3 is 0 Å². The van der Waals surface area contributed by atoms with E-state index >= 15 is 0 Å². The van der Waals surface area contributed by atoms with Gasteiger partial charge in [0.05, 0.1) is 23.4 Å². The summed E-state index contributed by atoms with van der Waals surface area (Å²) in [5.41, 5.74) is 1.98. The minimum Gasteiger partial charge on any atom is -0.330 e. The zero-order chi connectivity index (χ0) is 13.8. The predicted octanol–water partition coefficient (Wildman–Crippen LogP) is 2.42. The predicted molar refractivity (Wildman–Crippen MR) is 78.6 cm³/mol. The standard InChI is InChI=1S/C16H15N3O/c20-16-14-8-9-17-11-15(14)19(12-18-16)10-4-7-13-5-2-1-3-6-13/h1-3,5-6,8-9,11-12H,4,7,10H2. The van der Waals surface area contributed by atoms with Crippen molar-refractivity contribution in [2.75, 3.05) is 0 Å². The van der Waals surface area contributed by atoms with Gasteiger partial charge in [0.2, 0.25) is 0 Å². The van der Waals surface area contributed by atoms with Gasteiger partial charge in [0, 0.05) is 12.7 Å². The molecule has 0 unspecified atom stereocenters. The van der Waals surface area contributed by atoms with E-state index in [2.05, 4.69) is 34.2 Å². The van der Waals surface area contributed by atoms with Gasteiger partial charge in [-0.25, -0.2) is 0 Å². The third kappa shape index (κ3) is 2.59. The number of pyridine rings is 1. The van der Waals surface area contributed by atoms with Crippen LogP contribution in [0.1, 0.15) is 12.0 Å². The number of hydrogen-bond donors (Lipinski definition) is 0. The van der Waals surface area contributed by atoms with E-state index < -0.39 is 0 Å². The second-order valence-electron chi connectivity index (χ2n) is 4.73. The fourth-order valence-corrected chi connectivity index (χ4v) is 2.33. The number of hydrogen-bond acceptors (Lipinski definition) is 3. The molecule has 3 rings (SSSR count). The SMILES string of the molecule is O=c1ncn(CCCc2ccccc2)c2cnccc12. The van der Waals surface area contributed by atoms with Crippen molar-refractivity contribution in [3.63, 3.8) is 0 Å². The Hall–Kier alpha value is -2.49. The third-order valence-corrected chi connectivity index (χ3v) is 3.36. The van der Waals surface area contributed by atoms with Crippen LogP contribution in [0.2, 0.25) is 0 Å². The van der Waals surface area contributed by atoms with Crippen LogP contribution in [0.4, 0.5) is 0 Å². The molecule has 0 radical (unpaired) electrons. The molecule has 0 bridgehead atoms. The molecule has 0 atom stereocenters. The number of aromatic nitrogens is 3. The minimum atomic E-state index is -0.193. The summed E-state index contributed by atoms with van der Waals surface area (Å²) in [5.74, 6) is 0. The van der Waals surface area contributed by atoms with Crippen molar-refractivity contribution in [3.05, 3.63) is 71.0 Å². The second-order valence-corrected chi connectivity index (χ2v) is 4.73. The molecule has 0 saturated carbocycles. The highest BCUT2D eigenvalue weighted by Crippen LogP contribution is 2.09. The first-order chi connectivity index (χ1) is 9.84. The molecule has 1 aromatic carbocycles. The fourth-order valence-electron chi connectivity index (χ4n) is 2.33. The first kappa shape index (κ1) is 12.5. The second kappa shape index (κ2) is 5.65. The minimum absolute atomic E-state index is 0.193. The molecular weight excluding hydrogens is 250 g/mol. The van der Waals surface area contributed by atoms with Crippen LogP contribution in [0, 0.1) is 0 Å². The summed E-state index contributed by atoms with van der Waals surface area (Å²) in [6, 6.07) is 12.1. The lowest BCUT2D eigenvalue weighted by molar-refractivity contribution is 0.646. The fraction of sp³-hybridized carbons (Fsp3) is 0.188. The first-order valence-corrected chi connectivity index (χ1v) is 6.68. The Labute approximate surface area is 116 Å². The van der Waals surface area contributed by atoms with E-state index in [1.807, 2.05) is 10.6 Å². The van der Waals surface area contributed by atoms with E-state index in [-0.39, 0.29) is 5.56 Å². The molecule has 0 aliphatic rings. The summed E-state index contributed by atoms with van der Waals surface area (Å²) in [6.07, 6.45) is 6.96. The molecule has 2 aromatic heterocycles. The van der Waals surface area contributed by atoms with Crippen molar-refractivity contribution < 1.29 is 0 Å². The highest BCUT2D eigenvalue weighted by atomic mass is 16.1. The Morgan fingerprint density at radius 1 is 1.10 bits per heavy atom. The van der Waals surface area contributed by atoms with Crippen LogP contribution >= 0.6 is 0 Å². The van der Waals surface area contributed by atoms with Gasteiger partial charge in [-0.15, -0.1) is 0 Å². The number of nitrogens with zero attached hydrogens (tertiary/aromatic N) is 3. The Kier molecular flexibility index (Phi) is 3.54. The molecule has 4 heteroatoms. The van der Waals surface area contributed by atoms with E-state index in [0.717, 1.165) is 24.9 Å². The highest BCUT2D eigenvalue weighted by molar-refractivity contribution is 5.76. The molecule has 0 fully saturated rings. The Morgan fingerprint density at radius 2 is 1.95 bits per heavy atom. The summed E-state index contributed by atoms with van der Waals surface area (Å²) < 4.78 is 1.99. The topological polar surface area (TPSA) is 47.8 Å². The molecule has 0 aliphatic carbocycles. The summed E-state index contributed by atoms with van der Waals surface area (Å²) in [7, 11) is 0. The van der Waals surface area contributed by atoms with Crippen LogP contribution in [-0.4, -0.2) is 14.5 Å². The molecule has 0 N–H and O–H groups in total. The van der Waals surface area contributed by atoms with Crippen LogP contribution in [0.15, 0.2) is 59.9 Å². The molecule has 0 saturated heterocycles. The summed E-state index contributed by atoms with van der Waals surface area (Å²) in [4.78, 5) is 19.7. The van der Waals surface area contributed by atoms with E-state index in [1.165, 1.54) is 5.56 Å². The maximum Gasteiger partial charge on any atom is 0.280 e. The van der Waals surface area contributed by atoms with E-state index in [4.69, 9.17) is 0 Å². The number of aryl methyl sites for hydroxylation is 2. The van der Waals surface area contributed by atoms with Crippen molar-refractivity contribution in [2.45, 2.75) is 19.4 Å². The average molecular weight is 265 g/mol. The van der Waals surface area contributed by atoms with Crippen LogP contribution < -0.4 is 5.56 Å². The van der Waals surface area contributed by atoms with Crippen molar-refractivity contribution in [2.24, 2.45) is 0 Å². The van der Waals surface area contributed by atoms with Gasteiger partial charge < -0.3 is 4.57 Å². The smallest absolute Gasteiger partial charge is 0.280 e. The largest absolute Gasteiger partial charge is 0.330 e. The number of benzene rings is 1. The Bertz CT molecular complexity index is 765. The van der Waals surface area contributed by atoms with Crippen molar-refractivity contribution in [1.82, 2.24) is 14.5 Å². The van der Waals surface area contributed by atoms with Gasteiger partial charge in [0.25, 0.3) is 5.56 Å². The van der Waals surface area contributed by atoms with Gasteiger partial charge in [-0.2, -0.15) is 4.98 Å². The Morgan fingerprint density at radius 3 is 2.80 bits per heavy atom. The van der Waals surface area contributed by atoms with E-state index in [9.17, 15) is 4.79 Å². The molecule has 2 heterocycles. The average Bonchev–Trinajstić information content (AvgIpc) is 2.51. The van der Waals surface area contributed by atoms with Gasteiger partial charge in [0.15, 0.2) is 0 Å². The maximum atomic E-state index is 11.7. The third-order valence-electron chi connectivity index (χ3n) is 3.36. The lowest BCUT2D eigenvalue weighted by Gasteiger charge is -2.09. The Balaban J connectivity index is 1.78. The molecule has 4 nitrogen and oxygen atoms in total. The number of rotatable bonds is 4. The molecule has 3 aromatic rings. The molecule has 0 spiro atoms. The van der Waals surface area contributed by atoms with Gasteiger partial charge in [-0.05, 0) is 24.5 Å². The molecular formula is C16H15N3O. The summed E-state index contributed by atoms with van der Waals surface area (Å²) in [5, 5.41) is 0.627. The van der Waals surface area contributed by atoms with Gasteiger partial charge in [0.1, 0.15) is 0 Å². The number of fused-ring (bicyclic) bond motifs is 1. The van der Waals surface area contributed by atoms with Crippen molar-refractivity contribution >= 4 is 10.9 Å². The maximum absolute atomic E-state index is 11.7. The highest BCUT2D eigenvalue weighted by Gasteiger charge is 2.03. The van der Waals surface area contributed by atoms with Crippen LogP contribution in [0.25, 0.3) is 10.9 Å². The molecule has 0 amide bonds. The summed E-state index contributed by atoms with van der Waals surface area (Å²) in [6.45, 7) is 0.824. The van der Waals surface area contributed by atoms with Crippen LogP contribution in [-0.2, 0) is 13.0 Å². The van der Waals surface area contributed by atoms with Crippen LogP contribution in [0.3, 0.4) is 0 Å². The monoisotopic (exact) mass is 265 g/mol. The lowest BCUT2D eigenvalue weighted by Crippen LogP contribution is -2.13. The van der Waals surface area contributed by atoms with Gasteiger partial charge in [-0.1, -0.05) is 30.3 Å². The molecule has 100 valence electrons. The zero-order valence-corrected chi connectivity index (χ0v) is 11.1. The molecule has 20 heavy (non-hydrogen) atoms. The van der Waals surface area contributed by atoms with Gasteiger partial charge in [-0.3, -0.25) is 9.78 Å². The first-order valence-electron chi connectivity index (χ1n) is 6.68. The quantitative estimate of drug-likeness (QED) is 0.728. The van der Waals surface area contributed by atoms with Crippen molar-refractivity contribution in [3.8, 4) is 0 Å². The normalized spacial score (nSPS) is 10.8. The van der Waals surface area contributed by atoms with Crippen LogP contribution in [0.5, 0.6) is 0 Å². The van der Waals surface area contributed by atoms with E-state index in [0.29, 0.717) is 5.39 Å². The van der Waals surface area contributed by atoms with E-state index in [1.54, 1.807) is 24.8 Å². The molecule has 0 aliphatic heterocycles. The zero-order valence-electron chi connectivity index (χ0n) is 11.1. The summed E-state index contributed by atoms with van der Waals surface area (Å²) >= 11 is 0. The van der Waals surface area contributed by atoms with Crippen molar-refractivity contribution in [1.29, 1.82) is 0 Å².